The third-order valence-corrected chi connectivity index (χ3v) is 2.37. The summed E-state index contributed by atoms with van der Waals surface area (Å²) in [5, 5.41) is 11.2. The van der Waals surface area contributed by atoms with Gasteiger partial charge in [0, 0.05) is 19.6 Å². The Bertz CT molecular complexity index is 286. The zero-order valence-electron chi connectivity index (χ0n) is 11.5. The monoisotopic (exact) mass is 260 g/mol. The number of carboxylic acid groups (broad SMARTS) is 1. The molecule has 0 aliphatic heterocycles. The average Bonchev–Trinajstić information content (AvgIpc) is 2.14. The summed E-state index contributed by atoms with van der Waals surface area (Å²) in [4.78, 5) is 22.2. The van der Waals surface area contributed by atoms with Crippen LogP contribution in [0.2, 0.25) is 0 Å². The molecule has 0 radical (unpaired) electrons. The third-order valence-electron chi connectivity index (χ3n) is 2.37. The lowest BCUT2D eigenvalue weighted by molar-refractivity contribution is -0.148. The van der Waals surface area contributed by atoms with Gasteiger partial charge in [0.1, 0.15) is 0 Å². The molecule has 106 valence electrons. The van der Waals surface area contributed by atoms with Gasteiger partial charge in [0.15, 0.2) is 6.10 Å². The second-order valence-electron chi connectivity index (χ2n) is 5.60. The molecule has 2 unspecified atom stereocenters. The Hall–Kier alpha value is -1.14. The van der Waals surface area contributed by atoms with Crippen LogP contribution < -0.4 is 11.1 Å². The number of amides is 1. The number of carbonyl (C=O) groups is 2. The summed E-state index contributed by atoms with van der Waals surface area (Å²) in [6.45, 7) is 6.11. The van der Waals surface area contributed by atoms with Crippen LogP contribution in [-0.2, 0) is 14.3 Å². The van der Waals surface area contributed by atoms with Gasteiger partial charge >= 0.3 is 5.97 Å². The van der Waals surface area contributed by atoms with Crippen molar-refractivity contribution < 1.29 is 19.4 Å². The summed E-state index contributed by atoms with van der Waals surface area (Å²) in [5.74, 6) is -1.35. The fourth-order valence-corrected chi connectivity index (χ4v) is 1.65. The smallest absolute Gasteiger partial charge is 0.334 e. The zero-order valence-corrected chi connectivity index (χ0v) is 11.5. The summed E-state index contributed by atoms with van der Waals surface area (Å²) in [6.07, 6.45) is -0.104. The van der Waals surface area contributed by atoms with Crippen molar-refractivity contribution in [3.63, 3.8) is 0 Å². The first-order valence-corrected chi connectivity index (χ1v) is 5.93. The summed E-state index contributed by atoms with van der Waals surface area (Å²) in [6, 6.07) is -0.226. The molecule has 6 nitrogen and oxygen atoms in total. The van der Waals surface area contributed by atoms with E-state index >= 15 is 0 Å². The van der Waals surface area contributed by atoms with E-state index in [1.54, 1.807) is 0 Å². The van der Waals surface area contributed by atoms with E-state index in [2.05, 4.69) is 26.1 Å². The molecule has 0 fully saturated rings. The summed E-state index contributed by atoms with van der Waals surface area (Å²) in [7, 11) is 1.29. The van der Waals surface area contributed by atoms with Gasteiger partial charge in [-0.25, -0.2) is 4.79 Å². The first-order chi connectivity index (χ1) is 8.15. The van der Waals surface area contributed by atoms with Gasteiger partial charge in [0.2, 0.25) is 5.91 Å². The molecule has 0 spiro atoms. The zero-order chi connectivity index (χ0) is 14.3. The van der Waals surface area contributed by atoms with Crippen LogP contribution in [0.4, 0.5) is 0 Å². The van der Waals surface area contributed by atoms with E-state index < -0.39 is 12.1 Å². The first kappa shape index (κ1) is 16.9. The standard InChI is InChI=1S/C12H24N2O4/c1-12(2,3)6-8(13)5-10(15)14-7-9(18-4)11(16)17/h8-9H,5-7,13H2,1-4H3,(H,14,15)(H,16,17). The number of carboxylic acids is 1. The number of hydrogen-bond donors (Lipinski definition) is 3. The van der Waals surface area contributed by atoms with Gasteiger partial charge in [-0.3, -0.25) is 4.79 Å². The van der Waals surface area contributed by atoms with Gasteiger partial charge < -0.3 is 20.9 Å². The van der Waals surface area contributed by atoms with Crippen LogP contribution in [0, 0.1) is 5.41 Å². The van der Waals surface area contributed by atoms with Crippen LogP contribution >= 0.6 is 0 Å². The number of hydrogen-bond acceptors (Lipinski definition) is 4. The van der Waals surface area contributed by atoms with E-state index in [-0.39, 0.29) is 30.3 Å². The molecule has 0 aliphatic rings. The number of methoxy groups -OCH3 is 1. The molecule has 0 heterocycles. The molecular formula is C12H24N2O4. The minimum Gasteiger partial charge on any atom is -0.479 e. The van der Waals surface area contributed by atoms with E-state index in [1.165, 1.54) is 7.11 Å². The average molecular weight is 260 g/mol. The number of carbonyl (C=O) groups excluding carboxylic acids is 1. The Labute approximate surface area is 108 Å². The number of rotatable bonds is 7. The SMILES string of the molecule is COC(CNC(=O)CC(N)CC(C)(C)C)C(=O)O. The van der Waals surface area contributed by atoms with Crippen LogP contribution in [0.5, 0.6) is 0 Å². The van der Waals surface area contributed by atoms with Crippen LogP contribution in [0.1, 0.15) is 33.6 Å². The number of nitrogens with one attached hydrogen (secondary N) is 1. The van der Waals surface area contributed by atoms with Gasteiger partial charge in [-0.15, -0.1) is 0 Å². The number of ether oxygens (including phenoxy) is 1. The van der Waals surface area contributed by atoms with Crippen molar-refractivity contribution in [1.82, 2.24) is 5.32 Å². The van der Waals surface area contributed by atoms with E-state index in [1.807, 2.05) is 0 Å². The predicted molar refractivity (Wildman–Crippen MR) is 68.1 cm³/mol. The minimum absolute atomic E-state index is 0.0487. The predicted octanol–water partition coefficient (Wildman–Crippen LogP) is 0.356. The van der Waals surface area contributed by atoms with Crippen LogP contribution in [0.15, 0.2) is 0 Å². The van der Waals surface area contributed by atoms with Gasteiger partial charge in [0.25, 0.3) is 0 Å². The summed E-state index contributed by atoms with van der Waals surface area (Å²) < 4.78 is 4.70. The van der Waals surface area contributed by atoms with E-state index in [0.717, 1.165) is 6.42 Å². The lowest BCUT2D eigenvalue weighted by Crippen LogP contribution is -2.40. The van der Waals surface area contributed by atoms with Gasteiger partial charge in [-0.1, -0.05) is 20.8 Å². The molecule has 0 aromatic heterocycles. The maximum atomic E-state index is 11.5. The molecule has 2 atom stereocenters. The van der Waals surface area contributed by atoms with Crippen LogP contribution in [0.3, 0.4) is 0 Å². The second kappa shape index (κ2) is 7.33. The molecular weight excluding hydrogens is 236 g/mol. The molecule has 0 bridgehead atoms. The molecule has 0 saturated heterocycles. The molecule has 0 aromatic carbocycles. The molecule has 4 N–H and O–H groups in total. The molecule has 6 heteroatoms. The van der Waals surface area contributed by atoms with E-state index in [0.29, 0.717) is 0 Å². The molecule has 0 aliphatic carbocycles. The number of aliphatic carboxylic acids is 1. The fourth-order valence-electron chi connectivity index (χ4n) is 1.65. The third kappa shape index (κ3) is 8.03. The Morgan fingerprint density at radius 1 is 1.39 bits per heavy atom. The van der Waals surface area contributed by atoms with Crippen molar-refractivity contribution in [1.29, 1.82) is 0 Å². The highest BCUT2D eigenvalue weighted by Crippen LogP contribution is 2.20. The minimum atomic E-state index is -1.10. The largest absolute Gasteiger partial charge is 0.479 e. The topological polar surface area (TPSA) is 102 Å². The van der Waals surface area contributed by atoms with Gasteiger partial charge in [0.05, 0.1) is 6.54 Å². The Balaban J connectivity index is 4.01. The summed E-state index contributed by atoms with van der Waals surface area (Å²) >= 11 is 0. The van der Waals surface area contributed by atoms with Crippen molar-refractivity contribution in [3.05, 3.63) is 0 Å². The highest BCUT2D eigenvalue weighted by atomic mass is 16.5. The maximum Gasteiger partial charge on any atom is 0.334 e. The van der Waals surface area contributed by atoms with Crippen molar-refractivity contribution in [2.24, 2.45) is 11.1 Å². The molecule has 18 heavy (non-hydrogen) atoms. The Morgan fingerprint density at radius 3 is 2.33 bits per heavy atom. The van der Waals surface area contributed by atoms with Crippen molar-refractivity contribution in [2.45, 2.75) is 45.8 Å². The van der Waals surface area contributed by atoms with Crippen LogP contribution in [0.25, 0.3) is 0 Å². The normalized spacial score (nSPS) is 14.9. The highest BCUT2D eigenvalue weighted by Gasteiger charge is 2.20. The molecule has 0 aromatic rings. The quantitative estimate of drug-likeness (QED) is 0.613. The Kier molecular flexibility index (Phi) is 6.86. The highest BCUT2D eigenvalue weighted by molar-refractivity contribution is 5.78. The molecule has 0 saturated carbocycles. The van der Waals surface area contributed by atoms with Crippen LogP contribution in [-0.4, -0.2) is 42.8 Å². The fraction of sp³-hybridized carbons (Fsp3) is 0.833. The van der Waals surface area contributed by atoms with Crippen molar-refractivity contribution in [3.8, 4) is 0 Å². The second-order valence-corrected chi connectivity index (χ2v) is 5.60. The van der Waals surface area contributed by atoms with E-state index in [9.17, 15) is 9.59 Å². The lowest BCUT2D eigenvalue weighted by atomic mass is 9.87. The Morgan fingerprint density at radius 2 is 1.94 bits per heavy atom. The lowest BCUT2D eigenvalue weighted by Gasteiger charge is -2.22. The first-order valence-electron chi connectivity index (χ1n) is 5.93. The summed E-state index contributed by atoms with van der Waals surface area (Å²) in [5.41, 5.74) is 5.92. The molecule has 0 rings (SSSR count). The van der Waals surface area contributed by atoms with Gasteiger partial charge in [-0.2, -0.15) is 0 Å². The maximum absolute atomic E-state index is 11.5. The molecule has 1 amide bonds. The van der Waals surface area contributed by atoms with Crippen molar-refractivity contribution >= 4 is 11.9 Å². The number of nitrogens with two attached hydrogens (primary N) is 1. The van der Waals surface area contributed by atoms with Gasteiger partial charge in [-0.05, 0) is 11.8 Å². The van der Waals surface area contributed by atoms with E-state index in [4.69, 9.17) is 15.6 Å². The van der Waals surface area contributed by atoms with Crippen molar-refractivity contribution in [2.75, 3.05) is 13.7 Å².